The molecule has 0 atom stereocenters. The van der Waals surface area contributed by atoms with Gasteiger partial charge in [-0.1, -0.05) is 30.3 Å². The molecule has 0 unspecified atom stereocenters. The van der Waals surface area contributed by atoms with Gasteiger partial charge >= 0.3 is 0 Å². The van der Waals surface area contributed by atoms with Gasteiger partial charge in [-0.25, -0.2) is 0 Å². The molecule has 2 heterocycles. The fraction of sp³-hybridized carbons (Fsp3) is 0.535. The number of benzene rings is 3. The van der Waals surface area contributed by atoms with Crippen molar-refractivity contribution in [3.63, 3.8) is 0 Å². The number of carbonyl (C=O) groups excluding carboxylic acids is 2. The minimum Gasteiger partial charge on any atom is -0.456 e. The highest BCUT2D eigenvalue weighted by molar-refractivity contribution is 6.02. The summed E-state index contributed by atoms with van der Waals surface area (Å²) in [5.74, 6) is 4.14. The molecule has 1 spiro atoms. The number of rotatable bonds is 13. The van der Waals surface area contributed by atoms with Crippen LogP contribution in [0, 0.1) is 23.2 Å². The number of hydrogen-bond donors (Lipinski definition) is 2. The monoisotopic (exact) mass is 689 g/mol. The minimum absolute atomic E-state index is 0.0296. The highest BCUT2D eigenvalue weighted by Gasteiger charge is 2.57. The van der Waals surface area contributed by atoms with Crippen LogP contribution in [0.5, 0.6) is 11.5 Å². The van der Waals surface area contributed by atoms with E-state index in [-0.39, 0.29) is 17.2 Å². The summed E-state index contributed by atoms with van der Waals surface area (Å²) < 4.78 is 6.84. The maximum Gasteiger partial charge on any atom is 0.255 e. The number of hydrogen-bond acceptors (Lipinski definition) is 6. The maximum absolute atomic E-state index is 14.5. The molecule has 3 aromatic rings. The Morgan fingerprint density at radius 3 is 1.84 bits per heavy atom. The number of amides is 2. The summed E-state index contributed by atoms with van der Waals surface area (Å²) in [6, 6.07) is 21.1. The molecule has 0 saturated heterocycles. The molecule has 8 nitrogen and oxygen atoms in total. The van der Waals surface area contributed by atoms with Crippen LogP contribution in [0.1, 0.15) is 93.3 Å². The van der Waals surface area contributed by atoms with E-state index < -0.39 is 5.54 Å². The van der Waals surface area contributed by atoms with Crippen LogP contribution in [-0.2, 0) is 10.3 Å². The standard InChI is InChI=1S/C43H55N5O3/c1-5-46(6-2)32-13-15-36-38(24-32)51-39-25-33(47(7-3)8-4)14-16-37(39)43(36)35-12-10-9-11-34(35)40(49)48(43)20-19-44-17-18-45-41(50)42-26-29-21-30(27-42)23-31(22-29)28-42/h9-16,24-25,29-31,44H,5-8,17-23,26-28H2,1-4H3,(H,45,50). The topological polar surface area (TPSA) is 77.2 Å². The van der Waals surface area contributed by atoms with Gasteiger partial charge in [0.2, 0.25) is 5.91 Å². The SMILES string of the molecule is CCN(CC)c1ccc2c(c1)Oc1cc(N(CC)CC)ccc1C21c2ccccc2C(=O)N1CCNCCNC(=O)C12CC3CC(CC(C3)C1)C2. The average Bonchev–Trinajstić information content (AvgIpc) is 3.37. The Bertz CT molecular complexity index is 1700. The van der Waals surface area contributed by atoms with Crippen LogP contribution in [0.15, 0.2) is 60.7 Å². The summed E-state index contributed by atoms with van der Waals surface area (Å²) in [4.78, 5) is 34.8. The van der Waals surface area contributed by atoms with Gasteiger partial charge in [0.05, 0.1) is 0 Å². The third kappa shape index (κ3) is 5.51. The Hall–Kier alpha value is -4.04. The first-order chi connectivity index (χ1) is 24.8. The number of nitrogens with zero attached hydrogens (tertiary/aromatic N) is 3. The van der Waals surface area contributed by atoms with Crippen molar-refractivity contribution in [2.45, 2.75) is 71.8 Å². The zero-order valence-corrected chi connectivity index (χ0v) is 31.0. The van der Waals surface area contributed by atoms with Gasteiger partial charge in [-0.15, -0.1) is 0 Å². The lowest BCUT2D eigenvalue weighted by atomic mass is 9.49. The fourth-order valence-corrected chi connectivity index (χ4v) is 11.1. The average molecular weight is 690 g/mol. The number of anilines is 2. The van der Waals surface area contributed by atoms with Crippen LogP contribution in [0.4, 0.5) is 11.4 Å². The lowest BCUT2D eigenvalue weighted by Crippen LogP contribution is -2.54. The van der Waals surface area contributed by atoms with E-state index in [2.05, 4.69) is 95.5 Å². The van der Waals surface area contributed by atoms with Gasteiger partial charge in [0, 0.05) is 98.0 Å². The second-order valence-corrected chi connectivity index (χ2v) is 15.7. The Kier molecular flexibility index (Phi) is 9.02. The van der Waals surface area contributed by atoms with E-state index >= 15 is 0 Å². The van der Waals surface area contributed by atoms with Crippen molar-refractivity contribution in [3.05, 3.63) is 82.9 Å². The second kappa shape index (κ2) is 13.5. The summed E-state index contributed by atoms with van der Waals surface area (Å²) in [5, 5.41) is 6.90. The Morgan fingerprint density at radius 1 is 0.745 bits per heavy atom. The molecule has 0 aromatic heterocycles. The summed E-state index contributed by atoms with van der Waals surface area (Å²) in [6.07, 6.45) is 7.25. The third-order valence-electron chi connectivity index (χ3n) is 13.0. The van der Waals surface area contributed by atoms with E-state index in [9.17, 15) is 9.59 Å². The second-order valence-electron chi connectivity index (χ2n) is 15.7. The summed E-state index contributed by atoms with van der Waals surface area (Å²) >= 11 is 0. The molecule has 4 bridgehead atoms. The van der Waals surface area contributed by atoms with Crippen molar-refractivity contribution in [2.24, 2.45) is 23.2 Å². The van der Waals surface area contributed by atoms with E-state index in [1.54, 1.807) is 0 Å². The van der Waals surface area contributed by atoms with Crippen LogP contribution in [0.25, 0.3) is 0 Å². The quantitative estimate of drug-likeness (QED) is 0.186. The van der Waals surface area contributed by atoms with Crippen LogP contribution < -0.4 is 25.2 Å². The normalized spacial score (nSPS) is 24.6. The van der Waals surface area contributed by atoms with Crippen LogP contribution >= 0.6 is 0 Å². The van der Waals surface area contributed by atoms with Crippen LogP contribution in [0.2, 0.25) is 0 Å². The summed E-state index contributed by atoms with van der Waals surface area (Å²) in [5.41, 5.74) is 4.96. The lowest BCUT2D eigenvalue weighted by Gasteiger charge is -2.55. The Balaban J connectivity index is 1.07. The number of fused-ring (bicyclic) bond motifs is 6. The van der Waals surface area contributed by atoms with Crippen molar-refractivity contribution in [3.8, 4) is 11.5 Å². The van der Waals surface area contributed by atoms with Gasteiger partial charge in [-0.3, -0.25) is 9.59 Å². The summed E-state index contributed by atoms with van der Waals surface area (Å²) in [6.45, 7) is 14.6. The summed E-state index contributed by atoms with van der Waals surface area (Å²) in [7, 11) is 0. The number of ether oxygens (including phenoxy) is 1. The molecule has 4 saturated carbocycles. The first-order valence-electron chi connectivity index (χ1n) is 19.7. The molecule has 2 aliphatic heterocycles. The molecule has 51 heavy (non-hydrogen) atoms. The smallest absolute Gasteiger partial charge is 0.255 e. The highest BCUT2D eigenvalue weighted by atomic mass is 16.5. The van der Waals surface area contributed by atoms with Gasteiger partial charge in [0.25, 0.3) is 5.91 Å². The largest absolute Gasteiger partial charge is 0.456 e. The van der Waals surface area contributed by atoms with E-state index in [1.165, 1.54) is 19.3 Å². The van der Waals surface area contributed by atoms with E-state index in [0.717, 1.165) is 108 Å². The predicted molar refractivity (Wildman–Crippen MR) is 204 cm³/mol. The van der Waals surface area contributed by atoms with Crippen molar-refractivity contribution in [1.82, 2.24) is 15.5 Å². The molecular formula is C43H55N5O3. The molecule has 0 radical (unpaired) electrons. The molecule has 6 aliphatic rings. The molecule has 9 rings (SSSR count). The van der Waals surface area contributed by atoms with E-state index in [1.807, 2.05) is 18.2 Å². The molecule has 4 fully saturated rings. The Labute approximate surface area is 303 Å². The third-order valence-corrected chi connectivity index (χ3v) is 13.0. The molecule has 2 amide bonds. The van der Waals surface area contributed by atoms with Gasteiger partial charge in [-0.2, -0.15) is 0 Å². The predicted octanol–water partition coefficient (Wildman–Crippen LogP) is 7.15. The molecular weight excluding hydrogens is 635 g/mol. The number of nitrogens with one attached hydrogen (secondary N) is 2. The molecule has 2 N–H and O–H groups in total. The van der Waals surface area contributed by atoms with Gasteiger partial charge in [-0.05, 0) is 108 Å². The van der Waals surface area contributed by atoms with Gasteiger partial charge in [0.1, 0.15) is 17.0 Å². The van der Waals surface area contributed by atoms with Crippen LogP contribution in [-0.4, -0.2) is 69.1 Å². The lowest BCUT2D eigenvalue weighted by molar-refractivity contribution is -0.146. The number of carbonyl (C=O) groups is 2. The molecule has 3 aromatic carbocycles. The molecule has 8 heteroatoms. The highest BCUT2D eigenvalue weighted by Crippen LogP contribution is 2.60. The zero-order chi connectivity index (χ0) is 35.3. The fourth-order valence-electron chi connectivity index (χ4n) is 11.1. The molecule has 4 aliphatic carbocycles. The first-order valence-corrected chi connectivity index (χ1v) is 19.7. The van der Waals surface area contributed by atoms with E-state index in [4.69, 9.17) is 4.74 Å². The Morgan fingerprint density at radius 2 is 1.29 bits per heavy atom. The van der Waals surface area contributed by atoms with Crippen molar-refractivity contribution < 1.29 is 14.3 Å². The van der Waals surface area contributed by atoms with Crippen molar-refractivity contribution in [2.75, 3.05) is 62.2 Å². The first kappa shape index (κ1) is 34.1. The minimum atomic E-state index is -0.839. The van der Waals surface area contributed by atoms with Gasteiger partial charge < -0.3 is 30.1 Å². The maximum atomic E-state index is 14.5. The van der Waals surface area contributed by atoms with Crippen molar-refractivity contribution >= 4 is 23.2 Å². The van der Waals surface area contributed by atoms with Crippen molar-refractivity contribution in [1.29, 1.82) is 0 Å². The van der Waals surface area contributed by atoms with Crippen LogP contribution in [0.3, 0.4) is 0 Å². The van der Waals surface area contributed by atoms with Gasteiger partial charge in [0.15, 0.2) is 0 Å². The molecule has 270 valence electrons. The zero-order valence-electron chi connectivity index (χ0n) is 31.0. The van der Waals surface area contributed by atoms with E-state index in [0.29, 0.717) is 26.2 Å².